The monoisotopic (exact) mass is 566 g/mol. The highest BCUT2D eigenvalue weighted by Crippen LogP contribution is 2.58. The van der Waals surface area contributed by atoms with Gasteiger partial charge in [0.05, 0.1) is 24.0 Å². The van der Waals surface area contributed by atoms with Crippen molar-refractivity contribution in [3.63, 3.8) is 0 Å². The van der Waals surface area contributed by atoms with Gasteiger partial charge in [0.15, 0.2) is 0 Å². The molecular formula is C33H35FN6O2. The largest absolute Gasteiger partial charge is 0.462 e. The van der Waals surface area contributed by atoms with Crippen molar-refractivity contribution in [2.45, 2.75) is 50.1 Å². The van der Waals surface area contributed by atoms with E-state index in [1.807, 2.05) is 23.1 Å². The van der Waals surface area contributed by atoms with Crippen LogP contribution >= 0.6 is 0 Å². The van der Waals surface area contributed by atoms with Crippen LogP contribution in [0, 0.1) is 23.1 Å². The standard InChI is InChI=1S/C33H35FN6O2/c1-3-31(41)40-13-12-39(18-21(40)9-10-35)32-28-16-29(34)27(24-8-4-7-23-25-14-20(25)15-26(23)24)17-30(28)36-33(37-32)42-19-22-6-5-11-38(22)2/h3-4,7-8,16-17,20-22,25H,1,5-6,9,11-15,18-19H2,2H3/t20?,21-,22-,25?/m0/s1. The molecule has 3 heterocycles. The minimum Gasteiger partial charge on any atom is -0.462 e. The minimum absolute atomic E-state index is 0.177. The Hall–Kier alpha value is -4.03. The lowest BCUT2D eigenvalue weighted by Gasteiger charge is -2.41. The van der Waals surface area contributed by atoms with Gasteiger partial charge in [0.25, 0.3) is 0 Å². The molecule has 9 heteroatoms. The number of nitrogens with zero attached hydrogens (tertiary/aromatic N) is 6. The molecule has 1 amide bonds. The first-order valence-electron chi connectivity index (χ1n) is 15.0. The summed E-state index contributed by atoms with van der Waals surface area (Å²) in [7, 11) is 2.10. The Morgan fingerprint density at radius 2 is 2.10 bits per heavy atom. The number of amides is 1. The van der Waals surface area contributed by atoms with Crippen molar-refractivity contribution in [1.82, 2.24) is 19.8 Å². The number of anilines is 1. The maximum Gasteiger partial charge on any atom is 0.319 e. The average molecular weight is 567 g/mol. The normalized spacial score (nSPS) is 24.8. The number of aromatic nitrogens is 2. The van der Waals surface area contributed by atoms with E-state index in [4.69, 9.17) is 14.7 Å². The highest BCUT2D eigenvalue weighted by Gasteiger charge is 2.45. The maximum atomic E-state index is 16.0. The van der Waals surface area contributed by atoms with Crippen LogP contribution in [0.3, 0.4) is 0 Å². The third-order valence-corrected chi connectivity index (χ3v) is 9.68. The summed E-state index contributed by atoms with van der Waals surface area (Å²) in [6, 6.07) is 12.1. The van der Waals surface area contributed by atoms with Crippen LogP contribution in [0.15, 0.2) is 43.0 Å². The Bertz CT molecular complexity index is 1620. The zero-order valence-corrected chi connectivity index (χ0v) is 23.9. The summed E-state index contributed by atoms with van der Waals surface area (Å²) in [6.07, 6.45) is 5.89. The molecule has 0 radical (unpaired) electrons. The van der Waals surface area contributed by atoms with E-state index in [1.165, 1.54) is 23.6 Å². The lowest BCUT2D eigenvalue weighted by Crippen LogP contribution is -2.55. The number of hydrogen-bond acceptors (Lipinski definition) is 7. The van der Waals surface area contributed by atoms with Crippen molar-refractivity contribution in [3.8, 4) is 23.2 Å². The molecular weight excluding hydrogens is 531 g/mol. The molecule has 4 aliphatic rings. The molecule has 216 valence electrons. The van der Waals surface area contributed by atoms with Gasteiger partial charge < -0.3 is 19.4 Å². The van der Waals surface area contributed by atoms with Crippen LogP contribution in [0.5, 0.6) is 6.01 Å². The van der Waals surface area contributed by atoms with Crippen LogP contribution in [0.25, 0.3) is 22.0 Å². The number of likely N-dealkylation sites (tertiary alicyclic amines) is 1. The molecule has 4 atom stereocenters. The number of carbonyl (C=O) groups is 1. The number of rotatable bonds is 7. The molecule has 1 saturated carbocycles. The highest BCUT2D eigenvalue weighted by atomic mass is 19.1. The van der Waals surface area contributed by atoms with Gasteiger partial charge >= 0.3 is 6.01 Å². The van der Waals surface area contributed by atoms with E-state index >= 15 is 4.39 Å². The van der Waals surface area contributed by atoms with E-state index in [9.17, 15) is 10.1 Å². The first kappa shape index (κ1) is 26.8. The lowest BCUT2D eigenvalue weighted by atomic mass is 9.93. The van der Waals surface area contributed by atoms with Crippen LogP contribution in [-0.4, -0.2) is 77.6 Å². The van der Waals surface area contributed by atoms with Crippen LogP contribution in [0.1, 0.15) is 42.7 Å². The lowest BCUT2D eigenvalue weighted by molar-refractivity contribution is -0.128. The molecule has 42 heavy (non-hydrogen) atoms. The van der Waals surface area contributed by atoms with Gasteiger partial charge in [0, 0.05) is 36.6 Å². The maximum absolute atomic E-state index is 16.0. The summed E-state index contributed by atoms with van der Waals surface area (Å²) in [5, 5.41) is 10.1. The van der Waals surface area contributed by atoms with Gasteiger partial charge in [-0.15, -0.1) is 0 Å². The molecule has 3 aromatic rings. The molecule has 7 rings (SSSR count). The Kier molecular flexibility index (Phi) is 6.82. The Morgan fingerprint density at radius 1 is 1.21 bits per heavy atom. The quantitative estimate of drug-likeness (QED) is 0.384. The van der Waals surface area contributed by atoms with E-state index in [-0.39, 0.29) is 30.2 Å². The van der Waals surface area contributed by atoms with Gasteiger partial charge in [-0.05, 0) is 86.0 Å². The van der Waals surface area contributed by atoms with E-state index < -0.39 is 0 Å². The second kappa shape index (κ2) is 10.7. The third-order valence-electron chi connectivity index (χ3n) is 9.68. The number of fused-ring (bicyclic) bond motifs is 4. The van der Waals surface area contributed by atoms with Crippen LogP contribution < -0.4 is 9.64 Å². The molecule has 2 aliphatic heterocycles. The summed E-state index contributed by atoms with van der Waals surface area (Å²) < 4.78 is 22.2. The van der Waals surface area contributed by atoms with Gasteiger partial charge in [-0.2, -0.15) is 15.2 Å². The van der Waals surface area contributed by atoms with E-state index in [1.54, 1.807) is 11.0 Å². The molecule has 3 fully saturated rings. The molecule has 0 bridgehead atoms. The van der Waals surface area contributed by atoms with Crippen molar-refractivity contribution in [1.29, 1.82) is 5.26 Å². The topological polar surface area (TPSA) is 85.6 Å². The van der Waals surface area contributed by atoms with Crippen LogP contribution in [0.2, 0.25) is 0 Å². The number of benzene rings is 2. The van der Waals surface area contributed by atoms with Crippen LogP contribution in [0.4, 0.5) is 10.2 Å². The highest BCUT2D eigenvalue weighted by molar-refractivity contribution is 5.94. The Balaban J connectivity index is 1.29. The summed E-state index contributed by atoms with van der Waals surface area (Å²) in [5.74, 6) is 1.38. The second-order valence-corrected chi connectivity index (χ2v) is 12.1. The summed E-state index contributed by atoms with van der Waals surface area (Å²) in [6.45, 7) is 6.42. The molecule has 0 N–H and O–H groups in total. The number of nitriles is 1. The number of likely N-dealkylation sites (N-methyl/N-ethyl adjacent to an activating group) is 1. The first-order chi connectivity index (χ1) is 20.4. The van der Waals surface area contributed by atoms with Crippen LogP contribution in [-0.2, 0) is 11.2 Å². The summed E-state index contributed by atoms with van der Waals surface area (Å²) in [4.78, 5) is 28.1. The fraction of sp³-hybridized carbons (Fsp3) is 0.455. The summed E-state index contributed by atoms with van der Waals surface area (Å²) >= 11 is 0. The van der Waals surface area contributed by atoms with E-state index in [0.29, 0.717) is 66.4 Å². The van der Waals surface area contributed by atoms with Gasteiger partial charge in [-0.25, -0.2) is 4.39 Å². The van der Waals surface area contributed by atoms with Gasteiger partial charge in [0.1, 0.15) is 18.2 Å². The number of ether oxygens (including phenoxy) is 1. The second-order valence-electron chi connectivity index (χ2n) is 12.1. The Morgan fingerprint density at radius 3 is 2.88 bits per heavy atom. The van der Waals surface area contributed by atoms with Crippen molar-refractivity contribution >= 4 is 22.6 Å². The average Bonchev–Trinajstić information content (AvgIpc) is 3.49. The fourth-order valence-corrected chi connectivity index (χ4v) is 7.27. The number of piperazine rings is 1. The van der Waals surface area contributed by atoms with Gasteiger partial charge in [-0.1, -0.05) is 24.8 Å². The molecule has 8 nitrogen and oxygen atoms in total. The zero-order chi connectivity index (χ0) is 29.0. The molecule has 0 spiro atoms. The fourth-order valence-electron chi connectivity index (χ4n) is 7.27. The van der Waals surface area contributed by atoms with Crippen molar-refractivity contribution in [2.75, 3.05) is 44.7 Å². The number of carbonyl (C=O) groups excluding carboxylic acids is 1. The zero-order valence-electron chi connectivity index (χ0n) is 23.9. The van der Waals surface area contributed by atoms with E-state index in [2.05, 4.69) is 30.7 Å². The van der Waals surface area contributed by atoms with Crippen molar-refractivity contribution < 1.29 is 13.9 Å². The summed E-state index contributed by atoms with van der Waals surface area (Å²) in [5.41, 5.74) is 4.73. The van der Waals surface area contributed by atoms with Gasteiger partial charge in [0.2, 0.25) is 5.91 Å². The molecule has 2 unspecified atom stereocenters. The predicted octanol–water partition coefficient (Wildman–Crippen LogP) is 4.69. The smallest absolute Gasteiger partial charge is 0.319 e. The number of halogens is 1. The molecule has 2 aromatic carbocycles. The molecule has 2 saturated heterocycles. The predicted molar refractivity (Wildman–Crippen MR) is 159 cm³/mol. The van der Waals surface area contributed by atoms with Gasteiger partial charge in [-0.3, -0.25) is 4.79 Å². The third kappa shape index (κ3) is 4.68. The van der Waals surface area contributed by atoms with Crippen molar-refractivity contribution in [3.05, 3.63) is 59.9 Å². The first-order valence-corrected chi connectivity index (χ1v) is 15.0. The minimum atomic E-state index is -0.335. The number of hydrogen-bond donors (Lipinski definition) is 0. The molecule has 2 aliphatic carbocycles. The Labute approximate surface area is 245 Å². The van der Waals surface area contributed by atoms with Crippen molar-refractivity contribution in [2.24, 2.45) is 5.92 Å². The molecule has 1 aromatic heterocycles. The van der Waals surface area contributed by atoms with E-state index in [0.717, 1.165) is 31.4 Å². The SMILES string of the molecule is C=CC(=O)N1CCN(c2nc(OC[C@@H]3CCCN3C)nc3cc(-c4cccc5c4CC4CC54)c(F)cc23)C[C@@H]1CC#N.